The van der Waals surface area contributed by atoms with Crippen LogP contribution in [-0.4, -0.2) is 33.4 Å². The zero-order chi connectivity index (χ0) is 16.8. The molecule has 0 fully saturated rings. The SMILES string of the molecule is CCOC(=O)c1cnc(SCC(O)c2ccc(C#N)c(F)c2)[nH]1. The molecule has 2 N–H and O–H groups in total. The van der Waals surface area contributed by atoms with E-state index in [4.69, 9.17) is 10.00 Å². The van der Waals surface area contributed by atoms with Crippen molar-refractivity contribution in [3.8, 4) is 6.07 Å². The molecule has 0 spiro atoms. The fourth-order valence-electron chi connectivity index (χ4n) is 1.77. The molecule has 0 bridgehead atoms. The summed E-state index contributed by atoms with van der Waals surface area (Å²) in [6, 6.07) is 5.68. The average Bonchev–Trinajstić information content (AvgIpc) is 3.02. The maximum absolute atomic E-state index is 13.5. The van der Waals surface area contributed by atoms with Gasteiger partial charge in [-0.15, -0.1) is 0 Å². The number of ether oxygens (including phenoxy) is 1. The smallest absolute Gasteiger partial charge is 0.356 e. The van der Waals surface area contributed by atoms with Crippen LogP contribution in [0.25, 0.3) is 0 Å². The van der Waals surface area contributed by atoms with Gasteiger partial charge in [-0.2, -0.15) is 5.26 Å². The molecule has 8 heteroatoms. The number of halogens is 1. The van der Waals surface area contributed by atoms with Crippen LogP contribution in [-0.2, 0) is 4.74 Å². The molecular weight excluding hydrogens is 321 g/mol. The molecule has 120 valence electrons. The number of nitriles is 1. The van der Waals surface area contributed by atoms with E-state index in [1.165, 1.54) is 30.1 Å². The van der Waals surface area contributed by atoms with Crippen LogP contribution in [0.5, 0.6) is 0 Å². The van der Waals surface area contributed by atoms with Crippen LogP contribution in [0.4, 0.5) is 4.39 Å². The molecule has 0 aliphatic carbocycles. The molecule has 6 nitrogen and oxygen atoms in total. The number of aromatic amines is 1. The average molecular weight is 335 g/mol. The van der Waals surface area contributed by atoms with E-state index < -0.39 is 17.9 Å². The number of aromatic nitrogens is 2. The van der Waals surface area contributed by atoms with Crippen molar-refractivity contribution in [3.05, 3.63) is 47.0 Å². The van der Waals surface area contributed by atoms with E-state index in [0.717, 1.165) is 6.07 Å². The minimum absolute atomic E-state index is 0.0706. The van der Waals surface area contributed by atoms with Crippen LogP contribution >= 0.6 is 11.8 Å². The third-order valence-electron chi connectivity index (χ3n) is 2.92. The van der Waals surface area contributed by atoms with E-state index in [1.807, 2.05) is 0 Å². The molecule has 1 aromatic carbocycles. The predicted octanol–water partition coefficient (Wildman–Crippen LogP) is 2.42. The monoisotopic (exact) mass is 335 g/mol. The Labute approximate surface area is 136 Å². The molecule has 0 aliphatic rings. The minimum atomic E-state index is -0.932. The first-order valence-corrected chi connectivity index (χ1v) is 7.76. The lowest BCUT2D eigenvalue weighted by molar-refractivity contribution is 0.0519. The van der Waals surface area contributed by atoms with Gasteiger partial charge < -0.3 is 14.8 Å². The van der Waals surface area contributed by atoms with E-state index in [9.17, 15) is 14.3 Å². The molecule has 1 unspecified atom stereocenters. The highest BCUT2D eigenvalue weighted by atomic mass is 32.2. The molecular formula is C15H14FN3O3S. The second-order valence-electron chi connectivity index (χ2n) is 4.50. The van der Waals surface area contributed by atoms with Gasteiger partial charge in [-0.3, -0.25) is 0 Å². The molecule has 0 amide bonds. The molecule has 23 heavy (non-hydrogen) atoms. The summed E-state index contributed by atoms with van der Waals surface area (Å²) in [4.78, 5) is 18.3. The van der Waals surface area contributed by atoms with E-state index >= 15 is 0 Å². The third-order valence-corrected chi connectivity index (χ3v) is 3.89. The molecule has 0 saturated carbocycles. The molecule has 2 rings (SSSR count). The zero-order valence-corrected chi connectivity index (χ0v) is 13.1. The van der Waals surface area contributed by atoms with Gasteiger partial charge in [0, 0.05) is 5.75 Å². The number of hydrogen-bond acceptors (Lipinski definition) is 6. The van der Waals surface area contributed by atoms with Crippen LogP contribution in [0.2, 0.25) is 0 Å². The van der Waals surface area contributed by atoms with Gasteiger partial charge in [0.15, 0.2) is 5.16 Å². The van der Waals surface area contributed by atoms with Crippen molar-refractivity contribution in [2.45, 2.75) is 18.2 Å². The number of aliphatic hydroxyl groups excluding tert-OH is 1. The van der Waals surface area contributed by atoms with Crippen molar-refractivity contribution >= 4 is 17.7 Å². The van der Waals surface area contributed by atoms with E-state index in [0.29, 0.717) is 10.7 Å². The normalized spacial score (nSPS) is 11.7. The number of aliphatic hydroxyl groups is 1. The topological polar surface area (TPSA) is 99.0 Å². The Morgan fingerprint density at radius 1 is 1.61 bits per heavy atom. The summed E-state index contributed by atoms with van der Waals surface area (Å²) in [7, 11) is 0. The van der Waals surface area contributed by atoms with Crippen LogP contribution in [0.1, 0.15) is 34.6 Å². The summed E-state index contributed by atoms with van der Waals surface area (Å²) in [6.07, 6.45) is 0.423. The first-order valence-electron chi connectivity index (χ1n) is 6.77. The lowest BCUT2D eigenvalue weighted by Crippen LogP contribution is -2.05. The van der Waals surface area contributed by atoms with Gasteiger partial charge in [-0.05, 0) is 24.6 Å². The fourth-order valence-corrected chi connectivity index (χ4v) is 2.59. The Morgan fingerprint density at radius 2 is 2.39 bits per heavy atom. The summed E-state index contributed by atoms with van der Waals surface area (Å²) in [5.74, 6) is -0.959. The Morgan fingerprint density at radius 3 is 3.04 bits per heavy atom. The highest BCUT2D eigenvalue weighted by Gasteiger charge is 2.14. The molecule has 0 saturated heterocycles. The number of hydrogen-bond donors (Lipinski definition) is 2. The standard InChI is InChI=1S/C15H14FN3O3S/c1-2-22-14(21)12-7-18-15(19-12)23-8-13(20)9-3-4-10(6-17)11(16)5-9/h3-5,7,13,20H,2,8H2,1H3,(H,18,19). The lowest BCUT2D eigenvalue weighted by Gasteiger charge is -2.10. The second-order valence-corrected chi connectivity index (χ2v) is 5.51. The molecule has 0 radical (unpaired) electrons. The van der Waals surface area contributed by atoms with Gasteiger partial charge in [0.1, 0.15) is 17.6 Å². The van der Waals surface area contributed by atoms with Crippen molar-refractivity contribution in [1.29, 1.82) is 5.26 Å². The maximum Gasteiger partial charge on any atom is 0.356 e. The summed E-state index contributed by atoms with van der Waals surface area (Å²) in [5, 5.41) is 19.2. The maximum atomic E-state index is 13.5. The predicted molar refractivity (Wildman–Crippen MR) is 81.3 cm³/mol. The van der Waals surface area contributed by atoms with E-state index in [1.54, 1.807) is 13.0 Å². The molecule has 0 aliphatic heterocycles. The van der Waals surface area contributed by atoms with Gasteiger partial charge >= 0.3 is 5.97 Å². The highest BCUT2D eigenvalue weighted by Crippen LogP contribution is 2.24. The first-order chi connectivity index (χ1) is 11.0. The summed E-state index contributed by atoms with van der Waals surface area (Å²) >= 11 is 1.18. The number of carbonyl (C=O) groups is 1. The van der Waals surface area contributed by atoms with Crippen molar-refractivity contribution < 1.29 is 19.0 Å². The number of esters is 1. The molecule has 2 aromatic rings. The van der Waals surface area contributed by atoms with Crippen molar-refractivity contribution in [2.75, 3.05) is 12.4 Å². The Hall–Kier alpha value is -2.37. The molecule has 1 atom stereocenters. The van der Waals surface area contributed by atoms with Crippen LogP contribution < -0.4 is 0 Å². The van der Waals surface area contributed by atoms with Crippen LogP contribution in [0.15, 0.2) is 29.6 Å². The highest BCUT2D eigenvalue weighted by molar-refractivity contribution is 7.99. The van der Waals surface area contributed by atoms with Gasteiger partial charge in [0.05, 0.1) is 24.5 Å². The largest absolute Gasteiger partial charge is 0.461 e. The number of rotatable bonds is 6. The van der Waals surface area contributed by atoms with Gasteiger partial charge in [-0.25, -0.2) is 14.2 Å². The number of thioether (sulfide) groups is 1. The Kier molecular flexibility index (Phi) is 5.73. The second kappa shape index (κ2) is 7.76. The van der Waals surface area contributed by atoms with Crippen LogP contribution in [0, 0.1) is 17.1 Å². The van der Waals surface area contributed by atoms with Crippen LogP contribution in [0.3, 0.4) is 0 Å². The van der Waals surface area contributed by atoms with Gasteiger partial charge in [-0.1, -0.05) is 17.8 Å². The van der Waals surface area contributed by atoms with Crippen molar-refractivity contribution in [3.63, 3.8) is 0 Å². The number of nitrogens with one attached hydrogen (secondary N) is 1. The zero-order valence-electron chi connectivity index (χ0n) is 12.2. The summed E-state index contributed by atoms with van der Waals surface area (Å²) in [5.41, 5.74) is 0.526. The lowest BCUT2D eigenvalue weighted by atomic mass is 10.1. The van der Waals surface area contributed by atoms with Crippen molar-refractivity contribution in [1.82, 2.24) is 9.97 Å². The number of benzene rings is 1. The number of imidazole rings is 1. The number of carbonyl (C=O) groups excluding carboxylic acids is 1. The Bertz CT molecular complexity index is 742. The number of H-pyrrole nitrogens is 1. The van der Waals surface area contributed by atoms with Gasteiger partial charge in [0.25, 0.3) is 0 Å². The van der Waals surface area contributed by atoms with E-state index in [-0.39, 0.29) is 23.6 Å². The van der Waals surface area contributed by atoms with Gasteiger partial charge in [0.2, 0.25) is 0 Å². The fraction of sp³-hybridized carbons (Fsp3) is 0.267. The van der Waals surface area contributed by atoms with Crippen molar-refractivity contribution in [2.24, 2.45) is 0 Å². The first kappa shape index (κ1) is 17.0. The Balaban J connectivity index is 1.97. The minimum Gasteiger partial charge on any atom is -0.461 e. The van der Waals surface area contributed by atoms with E-state index in [2.05, 4.69) is 9.97 Å². The molecule has 1 heterocycles. The summed E-state index contributed by atoms with van der Waals surface area (Å²) < 4.78 is 18.4. The third kappa shape index (κ3) is 4.31. The summed E-state index contributed by atoms with van der Waals surface area (Å²) in [6.45, 7) is 1.97. The molecule has 1 aromatic heterocycles. The quantitative estimate of drug-likeness (QED) is 0.621. The number of nitrogens with zero attached hydrogens (tertiary/aromatic N) is 2.